The second-order valence-corrected chi connectivity index (χ2v) is 7.17. The van der Waals surface area contributed by atoms with Crippen molar-refractivity contribution in [1.29, 1.82) is 0 Å². The van der Waals surface area contributed by atoms with Crippen molar-refractivity contribution >= 4 is 39.9 Å². The molecule has 2 rings (SSSR count). The van der Waals surface area contributed by atoms with Gasteiger partial charge < -0.3 is 10.2 Å². The molecule has 1 aromatic rings. The van der Waals surface area contributed by atoms with Crippen LogP contribution in [-0.2, 0) is 0 Å². The van der Waals surface area contributed by atoms with Gasteiger partial charge in [0.2, 0.25) is 0 Å². The fourth-order valence-electron chi connectivity index (χ4n) is 2.70. The minimum absolute atomic E-state index is 0.553. The Kier molecular flexibility index (Phi) is 5.37. The number of hydrogen-bond donors (Lipinski definition) is 1. The summed E-state index contributed by atoms with van der Waals surface area (Å²) in [5.41, 5.74) is 1.32. The van der Waals surface area contributed by atoms with Crippen LogP contribution in [-0.4, -0.2) is 25.2 Å². The molecule has 4 heteroatoms. The molecule has 1 saturated heterocycles. The Labute approximate surface area is 135 Å². The predicted octanol–water partition coefficient (Wildman–Crippen LogP) is 4.16. The first-order chi connectivity index (χ1) is 9.02. The van der Waals surface area contributed by atoms with Gasteiger partial charge >= 0.3 is 0 Å². The fourth-order valence-corrected chi connectivity index (χ4v) is 3.88. The molecule has 0 aliphatic carbocycles. The zero-order valence-corrected chi connectivity index (χ0v) is 14.7. The molecule has 0 aromatic heterocycles. The largest absolute Gasteiger partial charge is 0.365 e. The van der Waals surface area contributed by atoms with Gasteiger partial charge in [0.15, 0.2) is 0 Å². The van der Waals surface area contributed by atoms with Crippen LogP contribution >= 0.6 is 34.2 Å². The Morgan fingerprint density at radius 2 is 2.21 bits per heavy atom. The number of halogens is 2. The summed E-state index contributed by atoms with van der Waals surface area (Å²) in [5.74, 6) is 0.636. The van der Waals surface area contributed by atoms with Gasteiger partial charge in [-0.05, 0) is 53.1 Å². The van der Waals surface area contributed by atoms with Gasteiger partial charge in [-0.3, -0.25) is 0 Å². The molecule has 1 aromatic carbocycles. The van der Waals surface area contributed by atoms with E-state index in [1.807, 2.05) is 6.07 Å². The number of nitrogens with zero attached hydrogens (tertiary/aromatic N) is 1. The normalized spacial score (nSPS) is 24.0. The molecule has 0 radical (unpaired) electrons. The van der Waals surface area contributed by atoms with E-state index in [9.17, 15) is 0 Å². The van der Waals surface area contributed by atoms with Crippen molar-refractivity contribution < 1.29 is 0 Å². The number of hydrogen-bond acceptors (Lipinski definition) is 2. The molecule has 1 heterocycles. The third-order valence-electron chi connectivity index (χ3n) is 3.91. The molecule has 1 N–H and O–H groups in total. The molecular weight excluding hydrogens is 371 g/mol. The standard InChI is InChI=1S/C15H22ClIN2/c1-4-12-9-19(15(8-18-12)10(2)3)14-6-5-11(16)7-13(14)17/h5-7,10,12,15,18H,4,8-9H2,1-3H3. The van der Waals surface area contributed by atoms with Gasteiger partial charge in [0.25, 0.3) is 0 Å². The highest BCUT2D eigenvalue weighted by Crippen LogP contribution is 2.30. The van der Waals surface area contributed by atoms with Crippen LogP contribution in [0.15, 0.2) is 18.2 Å². The quantitative estimate of drug-likeness (QED) is 0.777. The third-order valence-corrected chi connectivity index (χ3v) is 5.01. The van der Waals surface area contributed by atoms with Crippen LogP contribution in [0.1, 0.15) is 27.2 Å². The summed E-state index contributed by atoms with van der Waals surface area (Å²) in [6.07, 6.45) is 1.17. The average Bonchev–Trinajstić information content (AvgIpc) is 2.38. The summed E-state index contributed by atoms with van der Waals surface area (Å²) >= 11 is 8.47. The molecule has 2 unspecified atom stereocenters. The van der Waals surface area contributed by atoms with Crippen molar-refractivity contribution in [3.05, 3.63) is 26.8 Å². The van der Waals surface area contributed by atoms with Crippen molar-refractivity contribution in [3.63, 3.8) is 0 Å². The van der Waals surface area contributed by atoms with Crippen molar-refractivity contribution in [2.24, 2.45) is 5.92 Å². The zero-order valence-electron chi connectivity index (χ0n) is 11.8. The molecule has 0 bridgehead atoms. The Hall–Kier alpha value is -0.0000000000000000763. The first kappa shape index (κ1) is 15.4. The Balaban J connectivity index is 2.30. The second kappa shape index (κ2) is 6.64. The van der Waals surface area contributed by atoms with Gasteiger partial charge in [-0.2, -0.15) is 0 Å². The summed E-state index contributed by atoms with van der Waals surface area (Å²) in [6, 6.07) is 7.35. The summed E-state index contributed by atoms with van der Waals surface area (Å²) in [6.45, 7) is 8.99. The van der Waals surface area contributed by atoms with Gasteiger partial charge in [0, 0.05) is 33.8 Å². The topological polar surface area (TPSA) is 15.3 Å². The van der Waals surface area contributed by atoms with Gasteiger partial charge in [0.05, 0.1) is 5.69 Å². The molecule has 0 saturated carbocycles. The second-order valence-electron chi connectivity index (χ2n) is 5.57. The molecule has 106 valence electrons. The molecule has 19 heavy (non-hydrogen) atoms. The number of benzene rings is 1. The SMILES string of the molecule is CCC1CN(c2ccc(Cl)cc2I)C(C(C)C)CN1. The van der Waals surface area contributed by atoms with Gasteiger partial charge in [-0.1, -0.05) is 32.4 Å². The lowest BCUT2D eigenvalue weighted by molar-refractivity contribution is 0.333. The van der Waals surface area contributed by atoms with Crippen LogP contribution in [0.2, 0.25) is 5.02 Å². The van der Waals surface area contributed by atoms with Crippen molar-refractivity contribution in [2.45, 2.75) is 39.3 Å². The number of piperazine rings is 1. The maximum atomic E-state index is 6.08. The highest BCUT2D eigenvalue weighted by atomic mass is 127. The van der Waals surface area contributed by atoms with Crippen LogP contribution in [0.4, 0.5) is 5.69 Å². The van der Waals surface area contributed by atoms with Crippen LogP contribution in [0.3, 0.4) is 0 Å². The molecule has 0 spiro atoms. The lowest BCUT2D eigenvalue weighted by Gasteiger charge is -2.44. The lowest BCUT2D eigenvalue weighted by atomic mass is 9.97. The minimum Gasteiger partial charge on any atom is -0.365 e. The van der Waals surface area contributed by atoms with E-state index >= 15 is 0 Å². The van der Waals surface area contributed by atoms with E-state index in [1.165, 1.54) is 15.7 Å². The summed E-state index contributed by atoms with van der Waals surface area (Å²) in [4.78, 5) is 2.56. The van der Waals surface area contributed by atoms with Crippen LogP contribution in [0, 0.1) is 9.49 Å². The van der Waals surface area contributed by atoms with Crippen LogP contribution in [0.25, 0.3) is 0 Å². The summed E-state index contributed by atoms with van der Waals surface area (Å²) in [7, 11) is 0. The number of nitrogens with one attached hydrogen (secondary N) is 1. The van der Waals surface area contributed by atoms with Gasteiger partial charge in [0.1, 0.15) is 0 Å². The monoisotopic (exact) mass is 392 g/mol. The number of anilines is 1. The molecule has 0 amide bonds. The van der Waals surface area contributed by atoms with Crippen molar-refractivity contribution in [3.8, 4) is 0 Å². The van der Waals surface area contributed by atoms with E-state index in [0.717, 1.165) is 18.1 Å². The van der Waals surface area contributed by atoms with E-state index in [1.54, 1.807) is 0 Å². The Bertz CT molecular complexity index is 436. The maximum absolute atomic E-state index is 6.08. The van der Waals surface area contributed by atoms with Crippen molar-refractivity contribution in [1.82, 2.24) is 5.32 Å². The summed E-state index contributed by atoms with van der Waals surface area (Å²) in [5, 5.41) is 4.48. The fraction of sp³-hybridized carbons (Fsp3) is 0.600. The highest BCUT2D eigenvalue weighted by Gasteiger charge is 2.30. The minimum atomic E-state index is 0.553. The molecule has 1 fully saturated rings. The Morgan fingerprint density at radius 3 is 2.79 bits per heavy atom. The molecule has 1 aliphatic heterocycles. The van der Waals surface area contributed by atoms with Crippen LogP contribution in [0.5, 0.6) is 0 Å². The van der Waals surface area contributed by atoms with Gasteiger partial charge in [-0.25, -0.2) is 0 Å². The highest BCUT2D eigenvalue weighted by molar-refractivity contribution is 14.1. The summed E-state index contributed by atoms with van der Waals surface area (Å²) < 4.78 is 1.24. The van der Waals surface area contributed by atoms with E-state index in [-0.39, 0.29) is 0 Å². The van der Waals surface area contributed by atoms with Crippen molar-refractivity contribution in [2.75, 3.05) is 18.0 Å². The third kappa shape index (κ3) is 3.56. The van der Waals surface area contributed by atoms with Gasteiger partial charge in [-0.15, -0.1) is 0 Å². The first-order valence-corrected chi connectivity index (χ1v) is 8.43. The number of rotatable bonds is 3. The maximum Gasteiger partial charge on any atom is 0.0506 e. The average molecular weight is 393 g/mol. The van der Waals surface area contributed by atoms with E-state index < -0.39 is 0 Å². The molecule has 2 nitrogen and oxygen atoms in total. The zero-order chi connectivity index (χ0) is 14.0. The Morgan fingerprint density at radius 1 is 1.47 bits per heavy atom. The molecule has 1 aliphatic rings. The predicted molar refractivity (Wildman–Crippen MR) is 92.2 cm³/mol. The molecular formula is C15H22ClIN2. The van der Waals surface area contributed by atoms with E-state index in [0.29, 0.717) is 18.0 Å². The van der Waals surface area contributed by atoms with E-state index in [2.05, 4.69) is 65.7 Å². The smallest absolute Gasteiger partial charge is 0.0506 e. The lowest BCUT2D eigenvalue weighted by Crippen LogP contribution is -2.58. The molecule has 2 atom stereocenters. The van der Waals surface area contributed by atoms with E-state index in [4.69, 9.17) is 11.6 Å². The van der Waals surface area contributed by atoms with Crippen LogP contribution < -0.4 is 10.2 Å². The first-order valence-electron chi connectivity index (χ1n) is 6.98.